The number of rotatable bonds is 2. The summed E-state index contributed by atoms with van der Waals surface area (Å²) < 4.78 is 5.89. The Bertz CT molecular complexity index is 563. The van der Waals surface area contributed by atoms with E-state index < -0.39 is 0 Å². The molecule has 17 heavy (non-hydrogen) atoms. The van der Waals surface area contributed by atoms with Gasteiger partial charge in [-0.3, -0.25) is 4.79 Å². The summed E-state index contributed by atoms with van der Waals surface area (Å²) in [5.41, 5.74) is 2.46. The molecular weight excluding hydrogens is 284 g/mol. The van der Waals surface area contributed by atoms with Crippen LogP contribution < -0.4 is 5.32 Å². The van der Waals surface area contributed by atoms with Gasteiger partial charge in [-0.2, -0.15) is 0 Å². The SMILES string of the molecule is Cc1cc(C(=O)Nc2ccc(Br)c(C)c2)on1. The van der Waals surface area contributed by atoms with Gasteiger partial charge in [-0.1, -0.05) is 21.1 Å². The van der Waals surface area contributed by atoms with Crippen molar-refractivity contribution in [1.29, 1.82) is 0 Å². The van der Waals surface area contributed by atoms with Gasteiger partial charge in [-0.15, -0.1) is 0 Å². The highest BCUT2D eigenvalue weighted by Crippen LogP contribution is 2.20. The van der Waals surface area contributed by atoms with Crippen LogP contribution in [0.4, 0.5) is 5.69 Å². The molecule has 0 saturated carbocycles. The van der Waals surface area contributed by atoms with Crippen molar-refractivity contribution in [1.82, 2.24) is 5.16 Å². The van der Waals surface area contributed by atoms with E-state index in [2.05, 4.69) is 26.4 Å². The number of anilines is 1. The van der Waals surface area contributed by atoms with Crippen LogP contribution in [0.2, 0.25) is 0 Å². The van der Waals surface area contributed by atoms with Crippen molar-refractivity contribution in [2.24, 2.45) is 0 Å². The molecule has 0 bridgehead atoms. The van der Waals surface area contributed by atoms with E-state index in [1.54, 1.807) is 13.0 Å². The Balaban J connectivity index is 2.15. The molecule has 88 valence electrons. The highest BCUT2D eigenvalue weighted by atomic mass is 79.9. The lowest BCUT2D eigenvalue weighted by molar-refractivity contribution is 0.0988. The zero-order valence-corrected chi connectivity index (χ0v) is 11.0. The van der Waals surface area contributed by atoms with Crippen molar-refractivity contribution < 1.29 is 9.32 Å². The molecule has 0 aliphatic heterocycles. The van der Waals surface area contributed by atoms with Crippen LogP contribution >= 0.6 is 15.9 Å². The maximum absolute atomic E-state index is 11.8. The minimum atomic E-state index is -0.299. The topological polar surface area (TPSA) is 55.1 Å². The number of aromatic nitrogens is 1. The molecule has 1 N–H and O–H groups in total. The van der Waals surface area contributed by atoms with Crippen LogP contribution in [0, 0.1) is 13.8 Å². The van der Waals surface area contributed by atoms with Crippen molar-refractivity contribution in [3.05, 3.63) is 45.8 Å². The maximum Gasteiger partial charge on any atom is 0.294 e. The molecule has 0 fully saturated rings. The summed E-state index contributed by atoms with van der Waals surface area (Å²) >= 11 is 3.40. The fourth-order valence-electron chi connectivity index (χ4n) is 1.39. The van der Waals surface area contributed by atoms with Gasteiger partial charge in [0, 0.05) is 16.2 Å². The molecule has 2 rings (SSSR count). The second-order valence-electron chi connectivity index (χ2n) is 3.75. The van der Waals surface area contributed by atoms with E-state index in [1.807, 2.05) is 25.1 Å². The predicted octanol–water partition coefficient (Wildman–Crippen LogP) is 3.31. The fraction of sp³-hybridized carbons (Fsp3) is 0.167. The molecule has 2 aromatic rings. The van der Waals surface area contributed by atoms with E-state index in [1.165, 1.54) is 0 Å². The van der Waals surface area contributed by atoms with Crippen LogP contribution in [0.15, 0.2) is 33.3 Å². The number of carbonyl (C=O) groups is 1. The normalized spacial score (nSPS) is 10.3. The van der Waals surface area contributed by atoms with Gasteiger partial charge in [0.25, 0.3) is 5.91 Å². The Morgan fingerprint density at radius 3 is 2.71 bits per heavy atom. The van der Waals surface area contributed by atoms with Gasteiger partial charge in [0.1, 0.15) is 0 Å². The van der Waals surface area contributed by atoms with Crippen LogP contribution in [-0.4, -0.2) is 11.1 Å². The first-order valence-corrected chi connectivity index (χ1v) is 5.86. The molecule has 1 heterocycles. The number of hydrogen-bond donors (Lipinski definition) is 1. The van der Waals surface area contributed by atoms with Crippen molar-refractivity contribution in [2.75, 3.05) is 5.32 Å². The van der Waals surface area contributed by atoms with Crippen molar-refractivity contribution in [3.63, 3.8) is 0 Å². The van der Waals surface area contributed by atoms with Gasteiger partial charge in [0.05, 0.1) is 5.69 Å². The third kappa shape index (κ3) is 2.74. The fourth-order valence-corrected chi connectivity index (χ4v) is 1.63. The Morgan fingerprint density at radius 1 is 1.35 bits per heavy atom. The zero-order chi connectivity index (χ0) is 12.4. The maximum atomic E-state index is 11.8. The van der Waals surface area contributed by atoms with E-state index in [-0.39, 0.29) is 11.7 Å². The van der Waals surface area contributed by atoms with Crippen molar-refractivity contribution in [3.8, 4) is 0 Å². The van der Waals surface area contributed by atoms with Crippen LogP contribution in [0.3, 0.4) is 0 Å². The number of hydrogen-bond acceptors (Lipinski definition) is 3. The monoisotopic (exact) mass is 294 g/mol. The van der Waals surface area contributed by atoms with Gasteiger partial charge < -0.3 is 9.84 Å². The first-order valence-electron chi connectivity index (χ1n) is 5.07. The summed E-state index contributed by atoms with van der Waals surface area (Å²) in [6, 6.07) is 7.18. The molecule has 0 aliphatic rings. The number of benzene rings is 1. The van der Waals surface area contributed by atoms with E-state index in [9.17, 15) is 4.79 Å². The minimum Gasteiger partial charge on any atom is -0.351 e. The Labute approximate surface area is 107 Å². The zero-order valence-electron chi connectivity index (χ0n) is 9.45. The first kappa shape index (κ1) is 11.9. The molecule has 5 heteroatoms. The van der Waals surface area contributed by atoms with E-state index in [0.717, 1.165) is 15.7 Å². The van der Waals surface area contributed by atoms with Gasteiger partial charge in [0.2, 0.25) is 5.76 Å². The second kappa shape index (κ2) is 4.71. The lowest BCUT2D eigenvalue weighted by atomic mass is 10.2. The Morgan fingerprint density at radius 2 is 2.12 bits per heavy atom. The summed E-state index contributed by atoms with van der Waals surface area (Å²) in [4.78, 5) is 11.8. The summed E-state index contributed by atoms with van der Waals surface area (Å²) in [6.45, 7) is 3.72. The van der Waals surface area contributed by atoms with Gasteiger partial charge in [-0.05, 0) is 37.6 Å². The number of aryl methyl sites for hydroxylation is 2. The number of nitrogens with zero attached hydrogens (tertiary/aromatic N) is 1. The summed E-state index contributed by atoms with van der Waals surface area (Å²) in [6.07, 6.45) is 0. The van der Waals surface area contributed by atoms with Crippen LogP contribution in [0.1, 0.15) is 21.8 Å². The van der Waals surface area contributed by atoms with Gasteiger partial charge >= 0.3 is 0 Å². The second-order valence-corrected chi connectivity index (χ2v) is 4.60. The third-order valence-electron chi connectivity index (χ3n) is 2.27. The molecule has 1 aromatic carbocycles. The minimum absolute atomic E-state index is 0.211. The average Bonchev–Trinajstić information content (AvgIpc) is 2.70. The number of halogens is 1. The predicted molar refractivity (Wildman–Crippen MR) is 68.1 cm³/mol. The lowest BCUT2D eigenvalue weighted by Gasteiger charge is -2.04. The summed E-state index contributed by atoms with van der Waals surface area (Å²) in [5, 5.41) is 6.41. The van der Waals surface area contributed by atoms with Crippen LogP contribution in [0.5, 0.6) is 0 Å². The quantitative estimate of drug-likeness (QED) is 0.924. The number of nitrogens with one attached hydrogen (secondary N) is 1. The van der Waals surface area contributed by atoms with Crippen LogP contribution in [0.25, 0.3) is 0 Å². The number of amides is 1. The Hall–Kier alpha value is -1.62. The number of carbonyl (C=O) groups excluding carboxylic acids is 1. The smallest absolute Gasteiger partial charge is 0.294 e. The summed E-state index contributed by atoms with van der Waals surface area (Å²) in [5.74, 6) is -0.0876. The Kier molecular flexibility index (Phi) is 3.28. The first-order chi connectivity index (χ1) is 8.06. The molecule has 0 spiro atoms. The van der Waals surface area contributed by atoms with Crippen molar-refractivity contribution >= 4 is 27.5 Å². The molecule has 0 saturated heterocycles. The van der Waals surface area contributed by atoms with E-state index >= 15 is 0 Å². The highest BCUT2D eigenvalue weighted by molar-refractivity contribution is 9.10. The van der Waals surface area contributed by atoms with Crippen LogP contribution in [-0.2, 0) is 0 Å². The van der Waals surface area contributed by atoms with E-state index in [4.69, 9.17) is 4.52 Å². The molecule has 0 radical (unpaired) electrons. The standard InChI is InChI=1S/C12H11BrN2O2/c1-7-5-9(3-4-10(7)13)14-12(16)11-6-8(2)15-17-11/h3-6H,1-2H3,(H,14,16). The molecule has 1 amide bonds. The largest absolute Gasteiger partial charge is 0.351 e. The van der Waals surface area contributed by atoms with Gasteiger partial charge in [-0.25, -0.2) is 0 Å². The molecule has 0 atom stereocenters. The molecule has 0 unspecified atom stereocenters. The molecular formula is C12H11BrN2O2. The van der Waals surface area contributed by atoms with Crippen molar-refractivity contribution in [2.45, 2.75) is 13.8 Å². The average molecular weight is 295 g/mol. The van der Waals surface area contributed by atoms with E-state index in [0.29, 0.717) is 5.69 Å². The highest BCUT2D eigenvalue weighted by Gasteiger charge is 2.11. The molecule has 1 aromatic heterocycles. The summed E-state index contributed by atoms with van der Waals surface area (Å²) in [7, 11) is 0. The molecule has 0 aliphatic carbocycles. The molecule has 4 nitrogen and oxygen atoms in total. The third-order valence-corrected chi connectivity index (χ3v) is 3.16. The lowest BCUT2D eigenvalue weighted by Crippen LogP contribution is -2.10. The van der Waals surface area contributed by atoms with Gasteiger partial charge in [0.15, 0.2) is 0 Å².